The highest BCUT2D eigenvalue weighted by Gasteiger charge is 2.37. The third-order valence-electron chi connectivity index (χ3n) is 2.71. The lowest BCUT2D eigenvalue weighted by molar-refractivity contribution is 0.390. The quantitative estimate of drug-likeness (QED) is 0.423. The summed E-state index contributed by atoms with van der Waals surface area (Å²) in [7, 11) is -4.93. The first kappa shape index (κ1) is 18.6. The van der Waals surface area contributed by atoms with Crippen molar-refractivity contribution in [2.24, 2.45) is 0 Å². The van der Waals surface area contributed by atoms with Gasteiger partial charge >= 0.3 is 8.56 Å². The van der Waals surface area contributed by atoms with Crippen molar-refractivity contribution in [1.82, 2.24) is 0 Å². The monoisotopic (exact) mass is 306 g/mol. The van der Waals surface area contributed by atoms with Gasteiger partial charge in [-0.15, -0.1) is 0 Å². The summed E-state index contributed by atoms with van der Waals surface area (Å²) in [5.74, 6) is 0. The standard InChI is InChI=1S/C13H34O2Si3/c1-9-10-11-12-13-17(5,6)15-18(7,8)14-16(2,3)4/h9-13H2,1-8H3. The summed E-state index contributed by atoms with van der Waals surface area (Å²) in [5.41, 5.74) is 0. The molecule has 0 aliphatic rings. The highest BCUT2D eigenvalue weighted by atomic mass is 28.5. The van der Waals surface area contributed by atoms with Crippen molar-refractivity contribution in [2.45, 2.75) is 84.5 Å². The van der Waals surface area contributed by atoms with Crippen LogP contribution in [0.3, 0.4) is 0 Å². The number of unbranched alkanes of at least 4 members (excludes halogenated alkanes) is 3. The van der Waals surface area contributed by atoms with Crippen LogP contribution in [0.5, 0.6) is 0 Å². The van der Waals surface area contributed by atoms with E-state index in [-0.39, 0.29) is 0 Å². The summed E-state index contributed by atoms with van der Waals surface area (Å²) >= 11 is 0. The van der Waals surface area contributed by atoms with Gasteiger partial charge in [0.1, 0.15) is 0 Å². The molecule has 18 heavy (non-hydrogen) atoms. The largest absolute Gasteiger partial charge is 0.437 e. The minimum atomic E-state index is -1.92. The summed E-state index contributed by atoms with van der Waals surface area (Å²) in [5, 5.41) is 0. The highest BCUT2D eigenvalue weighted by Crippen LogP contribution is 2.24. The lowest BCUT2D eigenvalue weighted by Crippen LogP contribution is -2.51. The van der Waals surface area contributed by atoms with Crippen LogP contribution in [0.4, 0.5) is 0 Å². The Balaban J connectivity index is 4.20. The van der Waals surface area contributed by atoms with E-state index in [4.69, 9.17) is 8.23 Å². The van der Waals surface area contributed by atoms with Crippen molar-refractivity contribution in [3.8, 4) is 0 Å². The third kappa shape index (κ3) is 10.5. The first-order chi connectivity index (χ1) is 7.97. The zero-order valence-corrected chi connectivity index (χ0v) is 16.9. The third-order valence-corrected chi connectivity index (χ3v) is 12.9. The summed E-state index contributed by atoms with van der Waals surface area (Å²) < 4.78 is 12.8. The van der Waals surface area contributed by atoms with Gasteiger partial charge in [0.15, 0.2) is 16.6 Å². The Morgan fingerprint density at radius 3 is 1.72 bits per heavy atom. The smallest absolute Gasteiger partial charge is 0.311 e. The topological polar surface area (TPSA) is 18.5 Å². The summed E-state index contributed by atoms with van der Waals surface area (Å²) in [6, 6.07) is 1.28. The Morgan fingerprint density at radius 1 is 0.722 bits per heavy atom. The van der Waals surface area contributed by atoms with E-state index in [1.54, 1.807) is 0 Å². The van der Waals surface area contributed by atoms with Crippen LogP contribution in [0.25, 0.3) is 0 Å². The van der Waals surface area contributed by atoms with E-state index < -0.39 is 25.2 Å². The van der Waals surface area contributed by atoms with Crippen LogP contribution >= 0.6 is 0 Å². The average molecular weight is 307 g/mol. The van der Waals surface area contributed by atoms with Gasteiger partial charge in [0, 0.05) is 0 Å². The molecular formula is C13H34O2Si3. The van der Waals surface area contributed by atoms with Gasteiger partial charge in [0.2, 0.25) is 0 Å². The Kier molecular flexibility index (Phi) is 7.61. The summed E-state index contributed by atoms with van der Waals surface area (Å²) in [4.78, 5) is 0. The first-order valence-corrected chi connectivity index (χ1v) is 16.7. The molecule has 0 radical (unpaired) electrons. The fourth-order valence-corrected chi connectivity index (χ4v) is 15.7. The molecule has 0 saturated heterocycles. The molecule has 5 heteroatoms. The van der Waals surface area contributed by atoms with Crippen LogP contribution in [0.2, 0.25) is 51.9 Å². The molecule has 0 heterocycles. The Bertz CT molecular complexity index is 235. The van der Waals surface area contributed by atoms with E-state index >= 15 is 0 Å². The van der Waals surface area contributed by atoms with Crippen LogP contribution in [0.15, 0.2) is 0 Å². The molecule has 0 N–H and O–H groups in total. The van der Waals surface area contributed by atoms with Crippen molar-refractivity contribution in [3.63, 3.8) is 0 Å². The highest BCUT2D eigenvalue weighted by molar-refractivity contribution is 6.87. The van der Waals surface area contributed by atoms with Gasteiger partial charge < -0.3 is 8.23 Å². The van der Waals surface area contributed by atoms with E-state index in [1.165, 1.54) is 31.7 Å². The van der Waals surface area contributed by atoms with Crippen LogP contribution < -0.4 is 0 Å². The normalized spacial score (nSPS) is 14.0. The SMILES string of the molecule is CCCCCC[Si](C)(C)O[Si](C)(C)O[Si](C)(C)C. The van der Waals surface area contributed by atoms with Gasteiger partial charge in [0.05, 0.1) is 0 Å². The Hall–Kier alpha value is 0.571. The van der Waals surface area contributed by atoms with E-state index in [1.807, 2.05) is 0 Å². The molecule has 2 nitrogen and oxygen atoms in total. The number of hydrogen-bond acceptors (Lipinski definition) is 2. The van der Waals surface area contributed by atoms with Crippen LogP contribution in [-0.4, -0.2) is 25.2 Å². The molecule has 0 amide bonds. The Labute approximate surface area is 118 Å². The molecule has 110 valence electrons. The molecule has 0 spiro atoms. The molecular weight excluding hydrogens is 272 g/mol. The second-order valence-corrected chi connectivity index (χ2v) is 20.0. The first-order valence-electron chi connectivity index (χ1n) is 7.38. The molecule has 0 aromatic carbocycles. The van der Waals surface area contributed by atoms with Crippen LogP contribution in [0.1, 0.15) is 32.6 Å². The van der Waals surface area contributed by atoms with Gasteiger partial charge in [-0.1, -0.05) is 32.6 Å². The number of rotatable bonds is 9. The predicted molar refractivity (Wildman–Crippen MR) is 89.4 cm³/mol. The Morgan fingerprint density at radius 2 is 1.28 bits per heavy atom. The maximum Gasteiger partial charge on any atom is 0.311 e. The average Bonchev–Trinajstić information content (AvgIpc) is 2.06. The second-order valence-electron chi connectivity index (χ2n) is 7.29. The summed E-state index contributed by atoms with van der Waals surface area (Å²) in [6.07, 6.45) is 5.34. The molecule has 0 atom stereocenters. The maximum absolute atomic E-state index is 6.47. The van der Waals surface area contributed by atoms with Crippen LogP contribution in [-0.2, 0) is 8.23 Å². The van der Waals surface area contributed by atoms with Crippen LogP contribution in [0, 0.1) is 0 Å². The molecule has 0 fully saturated rings. The fraction of sp³-hybridized carbons (Fsp3) is 1.00. The van der Waals surface area contributed by atoms with Crippen molar-refractivity contribution < 1.29 is 8.23 Å². The van der Waals surface area contributed by atoms with E-state index in [2.05, 4.69) is 52.8 Å². The molecule has 0 saturated carbocycles. The van der Waals surface area contributed by atoms with Gasteiger partial charge in [0.25, 0.3) is 0 Å². The molecule has 0 aromatic heterocycles. The molecule has 0 bridgehead atoms. The molecule has 0 aliphatic carbocycles. The van der Waals surface area contributed by atoms with Gasteiger partial charge in [-0.2, -0.15) is 0 Å². The summed E-state index contributed by atoms with van der Waals surface area (Å²) in [6.45, 7) is 18.1. The molecule has 0 aromatic rings. The predicted octanol–water partition coefficient (Wildman–Crippen LogP) is 5.34. The molecule has 0 aliphatic heterocycles. The van der Waals surface area contributed by atoms with Gasteiger partial charge in [-0.3, -0.25) is 0 Å². The van der Waals surface area contributed by atoms with Gasteiger partial charge in [-0.25, -0.2) is 0 Å². The fourth-order valence-electron chi connectivity index (χ4n) is 2.45. The number of hydrogen-bond donors (Lipinski definition) is 0. The second kappa shape index (κ2) is 7.38. The zero-order valence-electron chi connectivity index (χ0n) is 13.9. The van der Waals surface area contributed by atoms with Gasteiger partial charge in [-0.05, 0) is 51.9 Å². The lowest BCUT2D eigenvalue weighted by Gasteiger charge is -2.37. The van der Waals surface area contributed by atoms with Crippen molar-refractivity contribution in [2.75, 3.05) is 0 Å². The maximum atomic E-state index is 6.47. The van der Waals surface area contributed by atoms with E-state index in [9.17, 15) is 0 Å². The molecule has 0 unspecified atom stereocenters. The van der Waals surface area contributed by atoms with Crippen molar-refractivity contribution in [3.05, 3.63) is 0 Å². The van der Waals surface area contributed by atoms with E-state index in [0.29, 0.717) is 0 Å². The van der Waals surface area contributed by atoms with Crippen molar-refractivity contribution >= 4 is 25.2 Å². The molecule has 0 rings (SSSR count). The zero-order chi connectivity index (χ0) is 14.4. The lowest BCUT2D eigenvalue weighted by atomic mass is 10.2. The minimum absolute atomic E-state index is 1.28. The van der Waals surface area contributed by atoms with E-state index in [0.717, 1.165) is 0 Å². The van der Waals surface area contributed by atoms with Crippen molar-refractivity contribution in [1.29, 1.82) is 0 Å². The minimum Gasteiger partial charge on any atom is -0.437 e.